The van der Waals surface area contributed by atoms with Crippen LogP contribution in [0.3, 0.4) is 0 Å². The number of esters is 1. The maximum atomic E-state index is 12.4. The number of benzene rings is 3. The van der Waals surface area contributed by atoms with Crippen LogP contribution in [0.2, 0.25) is 0 Å². The van der Waals surface area contributed by atoms with Gasteiger partial charge in [0, 0.05) is 19.2 Å². The minimum absolute atomic E-state index is 0.336. The van der Waals surface area contributed by atoms with Crippen molar-refractivity contribution in [3.05, 3.63) is 71.8 Å². The van der Waals surface area contributed by atoms with E-state index < -0.39 is 18.5 Å². The Morgan fingerprint density at radius 3 is 2.29 bits per heavy atom. The molecule has 8 heteroatoms. The van der Waals surface area contributed by atoms with E-state index in [1.807, 2.05) is 43.3 Å². The van der Waals surface area contributed by atoms with Gasteiger partial charge in [0.2, 0.25) is 0 Å². The summed E-state index contributed by atoms with van der Waals surface area (Å²) in [6, 6.07) is 18.3. The Balaban J connectivity index is 1.43. The van der Waals surface area contributed by atoms with E-state index in [1.54, 1.807) is 38.4 Å². The molecule has 3 aromatic rings. The Bertz CT molecular complexity index is 1160. The standard InChI is InChI=1S/C26H28N2O6/c1-4-33-22-10-7-19(8-11-22)26(31)27-15-25(30)34-17-24(29)28(2)16-18-5-6-21-14-23(32-3)12-9-20(21)13-18/h5-14H,4,15-17H2,1-3H3,(H,27,31). The molecule has 0 saturated heterocycles. The lowest BCUT2D eigenvalue weighted by molar-refractivity contribution is -0.150. The molecule has 0 bridgehead atoms. The van der Waals surface area contributed by atoms with Crippen LogP contribution in [0.5, 0.6) is 11.5 Å². The van der Waals surface area contributed by atoms with Crippen molar-refractivity contribution in [1.82, 2.24) is 10.2 Å². The van der Waals surface area contributed by atoms with E-state index in [0.717, 1.165) is 22.1 Å². The Hall–Kier alpha value is -4.07. The molecule has 0 saturated carbocycles. The lowest BCUT2D eigenvalue weighted by Crippen LogP contribution is -2.34. The summed E-state index contributed by atoms with van der Waals surface area (Å²) >= 11 is 0. The Morgan fingerprint density at radius 2 is 1.59 bits per heavy atom. The summed E-state index contributed by atoms with van der Waals surface area (Å²) in [5.41, 5.74) is 1.34. The summed E-state index contributed by atoms with van der Waals surface area (Å²) in [7, 11) is 3.26. The van der Waals surface area contributed by atoms with Gasteiger partial charge in [-0.05, 0) is 65.7 Å². The van der Waals surface area contributed by atoms with Gasteiger partial charge < -0.3 is 24.4 Å². The van der Waals surface area contributed by atoms with Crippen LogP contribution in [0.25, 0.3) is 10.8 Å². The smallest absolute Gasteiger partial charge is 0.325 e. The molecule has 0 aliphatic heterocycles. The third-order valence-corrected chi connectivity index (χ3v) is 5.13. The molecular weight excluding hydrogens is 436 g/mol. The normalized spacial score (nSPS) is 10.4. The molecule has 8 nitrogen and oxygen atoms in total. The molecule has 178 valence electrons. The number of ether oxygens (including phenoxy) is 3. The van der Waals surface area contributed by atoms with Crippen molar-refractivity contribution in [3.8, 4) is 11.5 Å². The number of rotatable bonds is 10. The summed E-state index contributed by atoms with van der Waals surface area (Å²) in [6.45, 7) is 2.03. The van der Waals surface area contributed by atoms with Gasteiger partial charge in [-0.1, -0.05) is 18.2 Å². The zero-order chi connectivity index (χ0) is 24.5. The first-order valence-corrected chi connectivity index (χ1v) is 10.9. The number of carbonyl (C=O) groups excluding carboxylic acids is 3. The van der Waals surface area contributed by atoms with Crippen molar-refractivity contribution < 1.29 is 28.6 Å². The molecule has 0 aliphatic carbocycles. The highest BCUT2D eigenvalue weighted by atomic mass is 16.5. The Morgan fingerprint density at radius 1 is 0.912 bits per heavy atom. The third-order valence-electron chi connectivity index (χ3n) is 5.13. The number of nitrogens with zero attached hydrogens (tertiary/aromatic N) is 1. The number of likely N-dealkylation sites (N-methyl/N-ethyl adjacent to an activating group) is 1. The highest BCUT2D eigenvalue weighted by Gasteiger charge is 2.14. The largest absolute Gasteiger partial charge is 0.497 e. The number of nitrogens with one attached hydrogen (secondary N) is 1. The summed E-state index contributed by atoms with van der Waals surface area (Å²) in [4.78, 5) is 38.0. The van der Waals surface area contributed by atoms with Crippen LogP contribution < -0.4 is 14.8 Å². The topological polar surface area (TPSA) is 94.2 Å². The molecule has 2 amide bonds. The van der Waals surface area contributed by atoms with Crippen molar-refractivity contribution in [1.29, 1.82) is 0 Å². The van der Waals surface area contributed by atoms with Crippen LogP contribution in [0.15, 0.2) is 60.7 Å². The van der Waals surface area contributed by atoms with E-state index in [4.69, 9.17) is 14.2 Å². The summed E-state index contributed by atoms with van der Waals surface area (Å²) in [6.07, 6.45) is 0. The first kappa shape index (κ1) is 24.6. The number of amides is 2. The number of carbonyl (C=O) groups is 3. The average Bonchev–Trinajstić information content (AvgIpc) is 2.86. The van der Waals surface area contributed by atoms with E-state index in [-0.39, 0.29) is 12.5 Å². The molecule has 0 atom stereocenters. The Kier molecular flexibility index (Phi) is 8.45. The highest BCUT2D eigenvalue weighted by Crippen LogP contribution is 2.22. The van der Waals surface area contributed by atoms with E-state index in [0.29, 0.717) is 24.5 Å². The number of fused-ring (bicyclic) bond motifs is 1. The van der Waals surface area contributed by atoms with Gasteiger partial charge in [-0.3, -0.25) is 14.4 Å². The number of hydrogen-bond acceptors (Lipinski definition) is 6. The second-order valence-electron chi connectivity index (χ2n) is 7.60. The molecule has 3 aromatic carbocycles. The van der Waals surface area contributed by atoms with Crippen LogP contribution in [0.1, 0.15) is 22.8 Å². The van der Waals surface area contributed by atoms with Gasteiger partial charge in [0.15, 0.2) is 6.61 Å². The third kappa shape index (κ3) is 6.71. The number of methoxy groups -OCH3 is 1. The van der Waals surface area contributed by atoms with Crippen molar-refractivity contribution in [2.75, 3.05) is 33.9 Å². The van der Waals surface area contributed by atoms with Crippen molar-refractivity contribution in [2.45, 2.75) is 13.5 Å². The van der Waals surface area contributed by atoms with Gasteiger partial charge >= 0.3 is 5.97 Å². The van der Waals surface area contributed by atoms with Crippen LogP contribution in [0, 0.1) is 0 Å². The van der Waals surface area contributed by atoms with Crippen LogP contribution in [-0.2, 0) is 20.9 Å². The van der Waals surface area contributed by atoms with E-state index in [1.165, 1.54) is 4.90 Å². The molecule has 0 aromatic heterocycles. The van der Waals surface area contributed by atoms with E-state index in [2.05, 4.69) is 5.32 Å². The molecule has 34 heavy (non-hydrogen) atoms. The molecule has 3 rings (SSSR count). The zero-order valence-electron chi connectivity index (χ0n) is 19.5. The van der Waals surface area contributed by atoms with Gasteiger partial charge in [0.1, 0.15) is 18.0 Å². The molecule has 0 heterocycles. The fourth-order valence-corrected chi connectivity index (χ4v) is 3.29. The highest BCUT2D eigenvalue weighted by molar-refractivity contribution is 5.96. The van der Waals surface area contributed by atoms with Gasteiger partial charge in [0.25, 0.3) is 11.8 Å². The molecule has 0 fully saturated rings. The average molecular weight is 465 g/mol. The SMILES string of the molecule is CCOc1ccc(C(=O)NCC(=O)OCC(=O)N(C)Cc2ccc3cc(OC)ccc3c2)cc1. The fraction of sp³-hybridized carbons (Fsp3) is 0.269. The van der Waals surface area contributed by atoms with Crippen LogP contribution in [0.4, 0.5) is 0 Å². The van der Waals surface area contributed by atoms with E-state index in [9.17, 15) is 14.4 Å². The van der Waals surface area contributed by atoms with Gasteiger partial charge in [-0.25, -0.2) is 0 Å². The van der Waals surface area contributed by atoms with Crippen molar-refractivity contribution in [3.63, 3.8) is 0 Å². The van der Waals surface area contributed by atoms with Crippen molar-refractivity contribution in [2.24, 2.45) is 0 Å². The predicted molar refractivity (Wildman–Crippen MR) is 128 cm³/mol. The fourth-order valence-electron chi connectivity index (χ4n) is 3.29. The minimum atomic E-state index is -0.694. The first-order chi connectivity index (χ1) is 16.4. The van der Waals surface area contributed by atoms with Crippen LogP contribution >= 0.6 is 0 Å². The van der Waals surface area contributed by atoms with Gasteiger partial charge in [-0.15, -0.1) is 0 Å². The lowest BCUT2D eigenvalue weighted by atomic mass is 10.1. The lowest BCUT2D eigenvalue weighted by Gasteiger charge is -2.17. The quantitative estimate of drug-likeness (QED) is 0.463. The maximum Gasteiger partial charge on any atom is 0.325 e. The summed E-state index contributed by atoms with van der Waals surface area (Å²) in [5.74, 6) is -0.0193. The molecule has 0 radical (unpaired) electrons. The zero-order valence-corrected chi connectivity index (χ0v) is 19.5. The predicted octanol–water partition coefficient (Wildman–Crippen LogP) is 3.18. The molecule has 0 spiro atoms. The summed E-state index contributed by atoms with van der Waals surface area (Å²) < 4.78 is 15.6. The number of hydrogen-bond donors (Lipinski definition) is 1. The van der Waals surface area contributed by atoms with Gasteiger partial charge in [-0.2, -0.15) is 0 Å². The molecular formula is C26H28N2O6. The minimum Gasteiger partial charge on any atom is -0.497 e. The molecule has 1 N–H and O–H groups in total. The Labute approximate surface area is 198 Å². The van der Waals surface area contributed by atoms with E-state index >= 15 is 0 Å². The van der Waals surface area contributed by atoms with Crippen molar-refractivity contribution >= 4 is 28.6 Å². The molecule has 0 aliphatic rings. The summed E-state index contributed by atoms with van der Waals surface area (Å²) in [5, 5.41) is 4.56. The first-order valence-electron chi connectivity index (χ1n) is 10.9. The van der Waals surface area contributed by atoms with Gasteiger partial charge in [0.05, 0.1) is 13.7 Å². The second kappa shape index (κ2) is 11.7. The second-order valence-corrected chi connectivity index (χ2v) is 7.60. The van der Waals surface area contributed by atoms with Crippen LogP contribution in [-0.4, -0.2) is 56.6 Å². The molecule has 0 unspecified atom stereocenters. The maximum absolute atomic E-state index is 12.4. The monoisotopic (exact) mass is 464 g/mol.